The maximum atomic E-state index is 12.3. The van der Waals surface area contributed by atoms with Crippen LogP contribution in [0, 0.1) is 5.92 Å². The Kier molecular flexibility index (Phi) is 3.87. The van der Waals surface area contributed by atoms with E-state index >= 15 is 0 Å². The zero-order chi connectivity index (χ0) is 13.4. The maximum Gasteiger partial charge on any atom is 0.261 e. The Morgan fingerprint density at radius 3 is 2.74 bits per heavy atom. The summed E-state index contributed by atoms with van der Waals surface area (Å²) in [6, 6.07) is 4.79. The van der Waals surface area contributed by atoms with Gasteiger partial charge in [-0.25, -0.2) is 0 Å². The summed E-state index contributed by atoms with van der Waals surface area (Å²) in [6.45, 7) is 4.65. The van der Waals surface area contributed by atoms with Crippen LogP contribution in [0.2, 0.25) is 0 Å². The molecule has 3 aliphatic heterocycles. The minimum Gasteiger partial charge on any atom is -0.347 e. The highest BCUT2D eigenvalue weighted by molar-refractivity contribution is 8.00. The summed E-state index contributed by atoms with van der Waals surface area (Å²) in [5, 5.41) is 3.27. The molecule has 3 aliphatic rings. The third-order valence-corrected chi connectivity index (χ3v) is 6.65. The molecule has 2 unspecified atom stereocenters. The summed E-state index contributed by atoms with van der Waals surface area (Å²) >= 11 is 3.28. The Hall–Kier alpha value is -0.520. The van der Waals surface area contributed by atoms with E-state index in [1.807, 2.05) is 18.4 Å². The van der Waals surface area contributed by atoms with Crippen molar-refractivity contribution in [2.45, 2.75) is 36.1 Å². The van der Waals surface area contributed by atoms with Crippen LogP contribution in [-0.2, 0) is 0 Å². The van der Waals surface area contributed by atoms with Gasteiger partial charge in [0, 0.05) is 12.1 Å². The quantitative estimate of drug-likeness (QED) is 0.871. The Bertz CT molecular complexity index is 464. The monoisotopic (exact) mass is 296 g/mol. The molecule has 1 amide bonds. The molecule has 3 nitrogen and oxygen atoms in total. The molecule has 3 saturated heterocycles. The maximum absolute atomic E-state index is 12.3. The van der Waals surface area contributed by atoms with Gasteiger partial charge in [0.25, 0.3) is 5.91 Å². The molecule has 0 saturated carbocycles. The molecule has 3 fully saturated rings. The number of fused-ring (bicyclic) bond motifs is 3. The van der Waals surface area contributed by atoms with Crippen LogP contribution < -0.4 is 5.32 Å². The SMILES string of the molecule is CSc1ccc(C(=O)NC2C3CCN(CC3)C2C)s1. The van der Waals surface area contributed by atoms with Crippen molar-refractivity contribution in [1.82, 2.24) is 10.2 Å². The molecule has 19 heavy (non-hydrogen) atoms. The van der Waals surface area contributed by atoms with E-state index in [2.05, 4.69) is 17.1 Å². The fraction of sp³-hybridized carbons (Fsp3) is 0.643. The topological polar surface area (TPSA) is 32.3 Å². The van der Waals surface area contributed by atoms with Gasteiger partial charge in [-0.1, -0.05) is 0 Å². The Morgan fingerprint density at radius 1 is 1.42 bits per heavy atom. The highest BCUT2D eigenvalue weighted by Gasteiger charge is 2.40. The van der Waals surface area contributed by atoms with Gasteiger partial charge in [-0.2, -0.15) is 0 Å². The lowest BCUT2D eigenvalue weighted by Crippen LogP contribution is -2.62. The van der Waals surface area contributed by atoms with Crippen LogP contribution in [-0.4, -0.2) is 42.2 Å². The largest absolute Gasteiger partial charge is 0.347 e. The first-order valence-corrected chi connectivity index (χ1v) is 8.92. The lowest BCUT2D eigenvalue weighted by Gasteiger charge is -2.49. The molecular weight excluding hydrogens is 276 g/mol. The van der Waals surface area contributed by atoms with Crippen LogP contribution >= 0.6 is 23.1 Å². The number of nitrogens with zero attached hydrogens (tertiary/aromatic N) is 1. The molecule has 0 radical (unpaired) electrons. The molecule has 2 bridgehead atoms. The van der Waals surface area contributed by atoms with Crippen LogP contribution in [0.5, 0.6) is 0 Å². The molecule has 4 rings (SSSR count). The zero-order valence-corrected chi connectivity index (χ0v) is 13.0. The molecule has 1 aromatic heterocycles. The van der Waals surface area contributed by atoms with Crippen molar-refractivity contribution in [3.8, 4) is 0 Å². The second-order valence-electron chi connectivity index (χ2n) is 5.44. The lowest BCUT2D eigenvalue weighted by atomic mass is 9.79. The molecule has 1 aromatic rings. The number of amides is 1. The fourth-order valence-electron chi connectivity index (χ4n) is 3.32. The van der Waals surface area contributed by atoms with Gasteiger partial charge in [0.15, 0.2) is 0 Å². The van der Waals surface area contributed by atoms with Crippen LogP contribution in [0.1, 0.15) is 29.4 Å². The summed E-state index contributed by atoms with van der Waals surface area (Å²) in [7, 11) is 0. The minimum atomic E-state index is 0.107. The van der Waals surface area contributed by atoms with E-state index in [9.17, 15) is 4.79 Å². The van der Waals surface area contributed by atoms with Gasteiger partial charge in [-0.3, -0.25) is 9.69 Å². The number of thiophene rings is 1. The van der Waals surface area contributed by atoms with Crippen molar-refractivity contribution in [2.75, 3.05) is 19.3 Å². The smallest absolute Gasteiger partial charge is 0.261 e. The van der Waals surface area contributed by atoms with Crippen LogP contribution in [0.3, 0.4) is 0 Å². The number of piperidine rings is 3. The Balaban J connectivity index is 1.69. The molecule has 0 spiro atoms. The summed E-state index contributed by atoms with van der Waals surface area (Å²) in [4.78, 5) is 15.7. The first-order chi connectivity index (χ1) is 9.19. The Morgan fingerprint density at radius 2 is 2.16 bits per heavy atom. The average Bonchev–Trinajstić information content (AvgIpc) is 2.92. The fourth-order valence-corrected chi connectivity index (χ4v) is 4.77. The zero-order valence-electron chi connectivity index (χ0n) is 11.4. The predicted molar refractivity (Wildman–Crippen MR) is 81.1 cm³/mol. The van der Waals surface area contributed by atoms with Crippen molar-refractivity contribution >= 4 is 29.0 Å². The van der Waals surface area contributed by atoms with E-state index in [0.717, 1.165) is 4.88 Å². The van der Waals surface area contributed by atoms with Crippen LogP contribution in [0.4, 0.5) is 0 Å². The molecule has 1 N–H and O–H groups in total. The van der Waals surface area contributed by atoms with Gasteiger partial charge in [0.2, 0.25) is 0 Å². The number of hydrogen-bond acceptors (Lipinski definition) is 4. The number of carbonyl (C=O) groups excluding carboxylic acids is 1. The van der Waals surface area contributed by atoms with E-state index in [4.69, 9.17) is 0 Å². The molecule has 2 atom stereocenters. The number of carbonyl (C=O) groups is 1. The molecule has 104 valence electrons. The summed E-state index contributed by atoms with van der Waals surface area (Å²) in [5.41, 5.74) is 0. The Labute approximate surface area is 122 Å². The predicted octanol–water partition coefficient (Wildman–Crippen LogP) is 2.68. The lowest BCUT2D eigenvalue weighted by molar-refractivity contribution is 0.0218. The summed E-state index contributed by atoms with van der Waals surface area (Å²) in [5.74, 6) is 0.778. The summed E-state index contributed by atoms with van der Waals surface area (Å²) in [6.07, 6.45) is 4.51. The van der Waals surface area contributed by atoms with Crippen molar-refractivity contribution < 1.29 is 4.79 Å². The molecule has 0 aliphatic carbocycles. The number of rotatable bonds is 3. The summed E-state index contributed by atoms with van der Waals surface area (Å²) < 4.78 is 1.20. The molecular formula is C14H20N2OS2. The van der Waals surface area contributed by atoms with Crippen molar-refractivity contribution in [3.05, 3.63) is 17.0 Å². The number of hydrogen-bond donors (Lipinski definition) is 1. The van der Waals surface area contributed by atoms with Crippen LogP contribution in [0.15, 0.2) is 16.3 Å². The first kappa shape index (κ1) is 13.5. The average molecular weight is 296 g/mol. The van der Waals surface area contributed by atoms with Crippen molar-refractivity contribution in [3.63, 3.8) is 0 Å². The molecule has 5 heteroatoms. The van der Waals surface area contributed by atoms with Crippen molar-refractivity contribution in [2.24, 2.45) is 5.92 Å². The van der Waals surface area contributed by atoms with E-state index in [1.54, 1.807) is 23.1 Å². The van der Waals surface area contributed by atoms with Gasteiger partial charge >= 0.3 is 0 Å². The third-order valence-electron chi connectivity index (χ3n) is 4.48. The van der Waals surface area contributed by atoms with Gasteiger partial charge in [0.05, 0.1) is 9.09 Å². The normalized spacial score (nSPS) is 33.4. The second-order valence-corrected chi connectivity index (χ2v) is 7.63. The van der Waals surface area contributed by atoms with Crippen molar-refractivity contribution in [1.29, 1.82) is 0 Å². The van der Waals surface area contributed by atoms with Gasteiger partial charge < -0.3 is 5.32 Å². The van der Waals surface area contributed by atoms with Gasteiger partial charge in [-0.05, 0) is 57.2 Å². The molecule has 0 aromatic carbocycles. The first-order valence-electron chi connectivity index (χ1n) is 6.88. The second kappa shape index (κ2) is 5.46. The van der Waals surface area contributed by atoms with Gasteiger partial charge in [-0.15, -0.1) is 23.1 Å². The molecule has 4 heterocycles. The highest BCUT2D eigenvalue weighted by Crippen LogP contribution is 2.32. The standard InChI is InChI=1S/C14H20N2OS2/c1-9-13(10-5-7-16(9)8-6-10)15-14(17)11-3-4-12(18-2)19-11/h3-4,9-10,13H,5-8H2,1-2H3,(H,15,17). The third kappa shape index (κ3) is 2.56. The van der Waals surface area contributed by atoms with E-state index in [-0.39, 0.29) is 5.91 Å². The van der Waals surface area contributed by atoms with E-state index in [0.29, 0.717) is 18.0 Å². The van der Waals surface area contributed by atoms with Crippen LogP contribution in [0.25, 0.3) is 0 Å². The number of nitrogens with one attached hydrogen (secondary N) is 1. The van der Waals surface area contributed by atoms with E-state index in [1.165, 1.54) is 30.1 Å². The van der Waals surface area contributed by atoms with E-state index < -0.39 is 0 Å². The number of thioether (sulfide) groups is 1. The minimum absolute atomic E-state index is 0.107. The highest BCUT2D eigenvalue weighted by atomic mass is 32.2. The van der Waals surface area contributed by atoms with Gasteiger partial charge in [0.1, 0.15) is 0 Å².